The van der Waals surface area contributed by atoms with Gasteiger partial charge in [-0.05, 0) is 6.92 Å². The Kier molecular flexibility index (Phi) is 5.06. The van der Waals surface area contributed by atoms with Crippen LogP contribution in [0.2, 0.25) is 0 Å². The molecule has 5 nitrogen and oxygen atoms in total. The van der Waals surface area contributed by atoms with Gasteiger partial charge < -0.3 is 10.5 Å². The molecule has 0 aromatic carbocycles. The molecule has 0 aliphatic heterocycles. The summed E-state index contributed by atoms with van der Waals surface area (Å²) in [6.45, 7) is 8.47. The normalized spacial score (nSPS) is 11.2. The first kappa shape index (κ1) is 12.2. The Labute approximate surface area is 82.8 Å². The molecule has 0 aliphatic rings. The second kappa shape index (κ2) is 5.80. The van der Waals surface area contributed by atoms with Gasteiger partial charge in [-0.3, -0.25) is 4.90 Å². The Morgan fingerprint density at radius 3 is 2.50 bits per heavy atom. The van der Waals surface area contributed by atoms with E-state index in [-0.39, 0.29) is 6.54 Å². The van der Waals surface area contributed by atoms with Gasteiger partial charge in [0.2, 0.25) is 0 Å². The van der Waals surface area contributed by atoms with Crippen molar-refractivity contribution in [2.24, 2.45) is 5.73 Å². The number of hydrogen-bond acceptors (Lipinski definition) is 3. The van der Waals surface area contributed by atoms with E-state index in [0.717, 1.165) is 11.0 Å². The van der Waals surface area contributed by atoms with Crippen LogP contribution in [0.4, 0.5) is 4.79 Å². The van der Waals surface area contributed by atoms with E-state index in [0.29, 0.717) is 0 Å². The lowest BCUT2D eigenvalue weighted by molar-refractivity contribution is -0.142. The second-order valence-corrected chi connectivity index (χ2v) is 2.62. The first-order valence-corrected chi connectivity index (χ1v) is 4.03. The Hall–Kier alpha value is -1.78. The molecule has 0 rings (SSSR count). The van der Waals surface area contributed by atoms with Crippen molar-refractivity contribution in [1.82, 2.24) is 4.90 Å². The Morgan fingerprint density at radius 1 is 1.57 bits per heavy atom. The van der Waals surface area contributed by atoms with Crippen molar-refractivity contribution in [3.8, 4) is 0 Å². The van der Waals surface area contributed by atoms with Crippen LogP contribution in [0, 0.1) is 0 Å². The highest BCUT2D eigenvalue weighted by Crippen LogP contribution is 1.97. The molecule has 0 aromatic rings. The minimum atomic E-state index is -0.637. The molecule has 1 atom stereocenters. The number of rotatable bonds is 5. The van der Waals surface area contributed by atoms with Crippen molar-refractivity contribution < 1.29 is 14.3 Å². The molecule has 0 spiro atoms. The largest absolute Gasteiger partial charge is 0.458 e. The van der Waals surface area contributed by atoms with E-state index in [1.165, 1.54) is 6.20 Å². The molecule has 78 valence electrons. The third-order valence-corrected chi connectivity index (χ3v) is 1.44. The summed E-state index contributed by atoms with van der Waals surface area (Å²) >= 11 is 0. The molecule has 0 saturated carbocycles. The molecule has 14 heavy (non-hydrogen) atoms. The maximum atomic E-state index is 10.8. The van der Waals surface area contributed by atoms with Gasteiger partial charge >= 0.3 is 12.0 Å². The maximum Gasteiger partial charge on any atom is 0.330 e. The van der Waals surface area contributed by atoms with E-state index >= 15 is 0 Å². The summed E-state index contributed by atoms with van der Waals surface area (Å²) < 4.78 is 4.83. The van der Waals surface area contributed by atoms with E-state index in [9.17, 15) is 9.59 Å². The second-order valence-electron chi connectivity index (χ2n) is 2.62. The van der Waals surface area contributed by atoms with Crippen molar-refractivity contribution in [1.29, 1.82) is 0 Å². The quantitative estimate of drug-likeness (QED) is 0.520. The molecule has 0 heterocycles. The van der Waals surface area contributed by atoms with Crippen molar-refractivity contribution in [2.45, 2.75) is 13.0 Å². The van der Waals surface area contributed by atoms with Gasteiger partial charge in [0.15, 0.2) is 0 Å². The van der Waals surface area contributed by atoms with Crippen molar-refractivity contribution in [3.05, 3.63) is 25.4 Å². The molecular weight excluding hydrogens is 184 g/mol. The SMILES string of the molecule is C=CC(=O)OC(C)CN(C=C)C(N)=O. The van der Waals surface area contributed by atoms with Gasteiger partial charge in [-0.1, -0.05) is 13.2 Å². The zero-order valence-electron chi connectivity index (χ0n) is 8.10. The van der Waals surface area contributed by atoms with Crippen molar-refractivity contribution in [3.63, 3.8) is 0 Å². The number of esters is 1. The molecule has 0 bridgehead atoms. The summed E-state index contributed by atoms with van der Waals surface area (Å²) in [7, 11) is 0. The number of amides is 2. The average molecular weight is 198 g/mol. The minimum absolute atomic E-state index is 0.179. The van der Waals surface area contributed by atoms with Crippen LogP contribution in [0.1, 0.15) is 6.92 Å². The monoisotopic (exact) mass is 198 g/mol. The number of hydrogen-bond donors (Lipinski definition) is 1. The average Bonchev–Trinajstić information content (AvgIpc) is 2.13. The third kappa shape index (κ3) is 4.30. The van der Waals surface area contributed by atoms with Gasteiger partial charge in [-0.15, -0.1) is 0 Å². The van der Waals surface area contributed by atoms with Crippen LogP contribution >= 0.6 is 0 Å². The van der Waals surface area contributed by atoms with E-state index in [4.69, 9.17) is 10.5 Å². The summed E-state index contributed by atoms with van der Waals surface area (Å²) in [5.74, 6) is -0.536. The Morgan fingerprint density at radius 2 is 2.14 bits per heavy atom. The summed E-state index contributed by atoms with van der Waals surface area (Å²) in [4.78, 5) is 22.7. The number of carbonyl (C=O) groups is 2. The topological polar surface area (TPSA) is 72.6 Å². The van der Waals surface area contributed by atoms with E-state index in [2.05, 4.69) is 13.2 Å². The van der Waals surface area contributed by atoms with Crippen LogP contribution in [0.5, 0.6) is 0 Å². The van der Waals surface area contributed by atoms with Gasteiger partial charge in [0, 0.05) is 12.3 Å². The van der Waals surface area contributed by atoms with Gasteiger partial charge in [0.1, 0.15) is 6.10 Å². The lowest BCUT2D eigenvalue weighted by atomic mass is 10.4. The highest BCUT2D eigenvalue weighted by Gasteiger charge is 2.12. The van der Waals surface area contributed by atoms with E-state index < -0.39 is 18.1 Å². The van der Waals surface area contributed by atoms with E-state index in [1.807, 2.05) is 0 Å². The van der Waals surface area contributed by atoms with Gasteiger partial charge in [0.05, 0.1) is 6.54 Å². The van der Waals surface area contributed by atoms with Crippen molar-refractivity contribution in [2.75, 3.05) is 6.54 Å². The Balaban J connectivity index is 4.08. The first-order chi connectivity index (χ1) is 6.51. The minimum Gasteiger partial charge on any atom is -0.458 e. The number of primary amides is 1. The summed E-state index contributed by atoms with van der Waals surface area (Å²) in [6, 6.07) is -0.637. The fourth-order valence-electron chi connectivity index (χ4n) is 0.815. The lowest BCUT2D eigenvalue weighted by Crippen LogP contribution is -2.37. The van der Waals surface area contributed by atoms with Crippen LogP contribution < -0.4 is 5.73 Å². The molecule has 0 radical (unpaired) electrons. The molecular formula is C9H14N2O3. The molecule has 2 N–H and O–H groups in total. The van der Waals surface area contributed by atoms with Crippen LogP contribution in [-0.4, -0.2) is 29.5 Å². The highest BCUT2D eigenvalue weighted by atomic mass is 16.5. The number of ether oxygens (including phenoxy) is 1. The summed E-state index contributed by atoms with van der Waals surface area (Å²) in [5, 5.41) is 0. The third-order valence-electron chi connectivity index (χ3n) is 1.44. The molecule has 0 aromatic heterocycles. The fraction of sp³-hybridized carbons (Fsp3) is 0.333. The molecule has 2 amide bonds. The predicted octanol–water partition coefficient (Wildman–Crippen LogP) is 0.628. The fourth-order valence-corrected chi connectivity index (χ4v) is 0.815. The summed E-state index contributed by atoms with van der Waals surface area (Å²) in [5.41, 5.74) is 5.01. The number of carbonyl (C=O) groups excluding carboxylic acids is 2. The molecule has 0 aliphatic carbocycles. The smallest absolute Gasteiger partial charge is 0.330 e. The van der Waals surface area contributed by atoms with Crippen LogP contribution in [0.3, 0.4) is 0 Å². The molecule has 0 saturated heterocycles. The van der Waals surface area contributed by atoms with Crippen LogP contribution in [0.15, 0.2) is 25.4 Å². The molecule has 0 fully saturated rings. The van der Waals surface area contributed by atoms with Gasteiger partial charge in [-0.2, -0.15) is 0 Å². The lowest BCUT2D eigenvalue weighted by Gasteiger charge is -2.19. The van der Waals surface area contributed by atoms with E-state index in [1.54, 1.807) is 6.92 Å². The zero-order valence-corrected chi connectivity index (χ0v) is 8.10. The van der Waals surface area contributed by atoms with Gasteiger partial charge in [0.25, 0.3) is 0 Å². The first-order valence-electron chi connectivity index (χ1n) is 4.03. The number of nitrogens with two attached hydrogens (primary N) is 1. The highest BCUT2D eigenvalue weighted by molar-refractivity contribution is 5.81. The number of nitrogens with zero attached hydrogens (tertiary/aromatic N) is 1. The number of urea groups is 1. The maximum absolute atomic E-state index is 10.8. The van der Waals surface area contributed by atoms with Crippen molar-refractivity contribution >= 4 is 12.0 Å². The molecule has 5 heteroatoms. The van der Waals surface area contributed by atoms with Gasteiger partial charge in [-0.25, -0.2) is 9.59 Å². The zero-order chi connectivity index (χ0) is 11.1. The summed E-state index contributed by atoms with van der Waals surface area (Å²) in [6.07, 6.45) is 1.88. The molecule has 1 unspecified atom stereocenters. The Bertz CT molecular complexity index is 250. The van der Waals surface area contributed by atoms with Crippen LogP contribution in [-0.2, 0) is 9.53 Å². The standard InChI is InChI=1S/C9H14N2O3/c1-4-8(12)14-7(3)6-11(5-2)9(10)13/h4-5,7H,1-2,6H2,3H3,(H2,10,13). The van der Waals surface area contributed by atoms with Crippen LogP contribution in [0.25, 0.3) is 0 Å². The predicted molar refractivity (Wildman–Crippen MR) is 52.2 cm³/mol.